The van der Waals surface area contributed by atoms with Gasteiger partial charge in [0.25, 0.3) is 0 Å². The van der Waals surface area contributed by atoms with E-state index < -0.39 is 5.60 Å². The molecule has 0 amide bonds. The number of aliphatic hydroxyl groups is 1. The molecule has 7 rings (SSSR count). The number of nitrogens with zero attached hydrogens (tertiary/aromatic N) is 6. The van der Waals surface area contributed by atoms with Crippen molar-refractivity contribution in [3.8, 4) is 0 Å². The van der Waals surface area contributed by atoms with Gasteiger partial charge < -0.3 is 29.4 Å². The Hall–Kier alpha value is -3.27. The summed E-state index contributed by atoms with van der Waals surface area (Å²) in [5.41, 5.74) is 3.62. The first-order valence-electron chi connectivity index (χ1n) is 15.6. The maximum absolute atomic E-state index is 10.8. The van der Waals surface area contributed by atoms with Crippen LogP contribution in [-0.4, -0.2) is 82.1 Å². The summed E-state index contributed by atoms with van der Waals surface area (Å²) in [4.78, 5) is 19.7. The molecule has 9 heteroatoms. The normalized spacial score (nSPS) is 28.6. The number of aromatic nitrogens is 3. The van der Waals surface area contributed by atoms with Gasteiger partial charge in [0.05, 0.1) is 57.2 Å². The number of fused-ring (bicyclic) bond motifs is 5. The molecule has 3 aromatic rings. The van der Waals surface area contributed by atoms with Gasteiger partial charge in [-0.2, -0.15) is 4.98 Å². The smallest absolute Gasteiger partial charge is 0.229 e. The molecule has 0 aliphatic carbocycles. The van der Waals surface area contributed by atoms with E-state index in [9.17, 15) is 5.11 Å². The lowest BCUT2D eigenvalue weighted by molar-refractivity contribution is -0.903. The fourth-order valence-electron chi connectivity index (χ4n) is 7.90. The van der Waals surface area contributed by atoms with E-state index in [0.29, 0.717) is 30.3 Å². The molecule has 3 saturated heterocycles. The van der Waals surface area contributed by atoms with Crippen LogP contribution in [0.15, 0.2) is 42.6 Å². The minimum atomic E-state index is -1.05. The maximum atomic E-state index is 10.8. The van der Waals surface area contributed by atoms with Crippen molar-refractivity contribution >= 4 is 29.0 Å². The highest BCUT2D eigenvalue weighted by Gasteiger charge is 2.55. The van der Waals surface area contributed by atoms with Crippen LogP contribution in [0.1, 0.15) is 64.3 Å². The predicted molar refractivity (Wildman–Crippen MR) is 170 cm³/mol. The minimum Gasteiger partial charge on any atom is -0.384 e. The molecular formula is C34H46N7O2+. The van der Waals surface area contributed by atoms with Gasteiger partial charge in [0.15, 0.2) is 0 Å². The molecule has 9 nitrogen and oxygen atoms in total. The molecule has 2 bridgehead atoms. The average Bonchev–Trinajstić information content (AvgIpc) is 3.54. The van der Waals surface area contributed by atoms with Gasteiger partial charge in [0.1, 0.15) is 23.3 Å². The third-order valence-electron chi connectivity index (χ3n) is 10.5. The quantitative estimate of drug-likeness (QED) is 0.398. The van der Waals surface area contributed by atoms with Crippen molar-refractivity contribution in [3.05, 3.63) is 59.4 Å². The van der Waals surface area contributed by atoms with E-state index >= 15 is 0 Å². The first-order valence-corrected chi connectivity index (χ1v) is 15.6. The number of benzene rings is 1. The van der Waals surface area contributed by atoms with Crippen molar-refractivity contribution in [1.29, 1.82) is 0 Å². The number of anilines is 5. The molecule has 1 aromatic carbocycles. The van der Waals surface area contributed by atoms with E-state index in [4.69, 9.17) is 19.7 Å². The number of hydrogen-bond acceptors (Lipinski definition) is 8. The van der Waals surface area contributed by atoms with Crippen molar-refractivity contribution in [2.75, 3.05) is 48.9 Å². The van der Waals surface area contributed by atoms with Crippen LogP contribution in [0.25, 0.3) is 0 Å². The van der Waals surface area contributed by atoms with E-state index in [0.717, 1.165) is 40.3 Å². The summed E-state index contributed by atoms with van der Waals surface area (Å²) in [5.74, 6) is 2.17. The van der Waals surface area contributed by atoms with Gasteiger partial charge in [-0.25, -0.2) is 9.97 Å². The molecular weight excluding hydrogens is 538 g/mol. The van der Waals surface area contributed by atoms with Crippen LogP contribution in [0.3, 0.4) is 0 Å². The SMILES string of the molecule is Cc1cc(Nc2ncc3c(n2)N(c2cccc(C(C)(C)O)n2)[C@@H]2CC(C)(C)OC[C@]32C)ccc1N1C[C@@H]2C[C@H]1C[N+]2(C)C. The Bertz CT molecular complexity index is 1580. The number of ether oxygens (including phenoxy) is 1. The van der Waals surface area contributed by atoms with E-state index in [1.807, 2.05) is 24.4 Å². The van der Waals surface area contributed by atoms with Crippen LogP contribution >= 0.6 is 0 Å². The Morgan fingerprint density at radius 1 is 1.12 bits per heavy atom. The Kier molecular flexibility index (Phi) is 6.21. The first kappa shape index (κ1) is 28.5. The molecule has 2 N–H and O–H groups in total. The largest absolute Gasteiger partial charge is 0.384 e. The highest BCUT2D eigenvalue weighted by atomic mass is 16.5. The van der Waals surface area contributed by atoms with Crippen molar-refractivity contribution in [1.82, 2.24) is 15.0 Å². The van der Waals surface area contributed by atoms with Crippen LogP contribution in [0.5, 0.6) is 0 Å². The number of piperazine rings is 1. The van der Waals surface area contributed by atoms with Crippen LogP contribution in [0, 0.1) is 6.92 Å². The molecule has 3 fully saturated rings. The van der Waals surface area contributed by atoms with Gasteiger partial charge in [-0.15, -0.1) is 0 Å². The van der Waals surface area contributed by atoms with Crippen LogP contribution < -0.4 is 15.1 Å². The summed E-state index contributed by atoms with van der Waals surface area (Å²) < 4.78 is 7.49. The maximum Gasteiger partial charge on any atom is 0.229 e. The fourth-order valence-corrected chi connectivity index (χ4v) is 7.90. The summed E-state index contributed by atoms with van der Waals surface area (Å²) >= 11 is 0. The van der Waals surface area contributed by atoms with Gasteiger partial charge in [-0.3, -0.25) is 0 Å². The summed E-state index contributed by atoms with van der Waals surface area (Å²) in [6, 6.07) is 13.9. The molecule has 0 spiro atoms. The highest BCUT2D eigenvalue weighted by Crippen LogP contribution is 2.53. The third kappa shape index (κ3) is 4.67. The number of nitrogens with one attached hydrogen (secondary N) is 1. The van der Waals surface area contributed by atoms with Crippen molar-refractivity contribution < 1.29 is 14.3 Å². The highest BCUT2D eigenvalue weighted by molar-refractivity contribution is 5.72. The first-order chi connectivity index (χ1) is 20.1. The van der Waals surface area contributed by atoms with Gasteiger partial charge in [-0.05, 0) is 76.9 Å². The molecule has 4 atom stereocenters. The number of likely N-dealkylation sites (tertiary alicyclic amines) is 1. The third-order valence-corrected chi connectivity index (χ3v) is 10.5. The lowest BCUT2D eigenvalue weighted by Crippen LogP contribution is -2.55. The van der Waals surface area contributed by atoms with E-state index in [1.54, 1.807) is 13.8 Å². The zero-order chi connectivity index (χ0) is 30.5. The van der Waals surface area contributed by atoms with Crippen LogP contribution in [0.4, 0.5) is 29.0 Å². The summed E-state index contributed by atoms with van der Waals surface area (Å²) in [7, 11) is 4.73. The summed E-state index contributed by atoms with van der Waals surface area (Å²) in [5, 5.41) is 14.2. The van der Waals surface area contributed by atoms with Gasteiger partial charge >= 0.3 is 0 Å². The van der Waals surface area contributed by atoms with Crippen LogP contribution in [-0.2, 0) is 15.8 Å². The van der Waals surface area contributed by atoms with Gasteiger partial charge in [0, 0.05) is 35.0 Å². The zero-order valence-corrected chi connectivity index (χ0v) is 26.8. The topological polar surface area (TPSA) is 86.6 Å². The minimum absolute atomic E-state index is 0.0845. The van der Waals surface area contributed by atoms with E-state index in [1.165, 1.54) is 24.2 Å². The van der Waals surface area contributed by atoms with E-state index in [-0.39, 0.29) is 17.1 Å². The monoisotopic (exact) mass is 584 g/mol. The molecule has 4 aliphatic rings. The van der Waals surface area contributed by atoms with Crippen molar-refractivity contribution in [3.63, 3.8) is 0 Å². The van der Waals surface area contributed by atoms with Gasteiger partial charge in [0.2, 0.25) is 5.95 Å². The molecule has 2 aromatic heterocycles. The number of likely N-dealkylation sites (N-methyl/N-ethyl adjacent to an activating group) is 1. The van der Waals surface area contributed by atoms with Crippen LogP contribution in [0.2, 0.25) is 0 Å². The standard InChI is InChI=1S/C34H46N7O2/c1-21-14-22(12-13-26(21)39-18-24-15-23(39)19-41(24,7)8)36-31-35-17-25-30(38-31)40(28-16-32(2,3)43-20-34(25,28)6)29-11-9-10-27(37-29)33(4,5)42/h9-14,17,23-24,28,42H,15-16,18-20H2,1-8H3,(H,35,36,38)/q+1/t23-,24-,28+,34+/m0/s1. The number of hydrogen-bond donors (Lipinski definition) is 2. The summed E-state index contributed by atoms with van der Waals surface area (Å²) in [6.45, 7) is 15.2. The molecule has 0 unspecified atom stereocenters. The Balaban J connectivity index is 1.21. The second kappa shape index (κ2) is 9.36. The van der Waals surface area contributed by atoms with Gasteiger partial charge in [-0.1, -0.05) is 13.0 Å². The molecule has 6 heterocycles. The number of pyridine rings is 1. The molecule has 43 heavy (non-hydrogen) atoms. The lowest BCUT2D eigenvalue weighted by Gasteiger charge is -2.46. The van der Waals surface area contributed by atoms with Crippen molar-refractivity contribution in [2.45, 2.75) is 89.1 Å². The van der Waals surface area contributed by atoms with Crippen molar-refractivity contribution in [2.24, 2.45) is 0 Å². The average molecular weight is 585 g/mol. The summed E-state index contributed by atoms with van der Waals surface area (Å²) in [6.07, 6.45) is 4.05. The molecule has 4 aliphatic heterocycles. The lowest BCUT2D eigenvalue weighted by atomic mass is 9.73. The molecule has 0 saturated carbocycles. The Labute approximate surface area is 255 Å². The Morgan fingerprint density at radius 3 is 2.58 bits per heavy atom. The van der Waals surface area contributed by atoms with E-state index in [2.05, 4.69) is 75.1 Å². The number of rotatable bonds is 5. The second-order valence-corrected chi connectivity index (χ2v) is 15.2. The molecule has 228 valence electrons. The molecule has 0 radical (unpaired) electrons. The Morgan fingerprint density at radius 2 is 1.91 bits per heavy atom. The second-order valence-electron chi connectivity index (χ2n) is 15.2. The zero-order valence-electron chi connectivity index (χ0n) is 26.8. The number of quaternary nitrogens is 1. The fraction of sp³-hybridized carbons (Fsp3) is 0.559. The number of aryl methyl sites for hydroxylation is 1. The predicted octanol–water partition coefficient (Wildman–Crippen LogP) is 5.17.